The molecule has 2 aromatic carbocycles. The Morgan fingerprint density at radius 3 is 2.28 bits per heavy atom. The number of ether oxygens (including phenoxy) is 1. The number of hydrogen-bond acceptors (Lipinski definition) is 3. The van der Waals surface area contributed by atoms with Crippen LogP contribution in [-0.2, 0) is 0 Å². The molecule has 0 N–H and O–H groups in total. The molecule has 0 heterocycles. The van der Waals surface area contributed by atoms with Gasteiger partial charge in [0.15, 0.2) is 0 Å². The maximum absolute atomic E-state index is 5.12. The molecule has 92 valence electrons. The molecule has 0 spiro atoms. The van der Waals surface area contributed by atoms with E-state index in [1.54, 1.807) is 7.11 Å². The predicted octanol–water partition coefficient (Wildman–Crippen LogP) is 3.17. The van der Waals surface area contributed by atoms with Gasteiger partial charge in [0, 0.05) is 7.05 Å². The Hall–Kier alpha value is -2.29. The van der Waals surface area contributed by atoms with Crippen LogP contribution in [0.25, 0.3) is 0 Å². The van der Waals surface area contributed by atoms with Gasteiger partial charge in [-0.25, -0.2) is 0 Å². The molecule has 0 saturated heterocycles. The van der Waals surface area contributed by atoms with Crippen LogP contribution in [0, 0.1) is 0 Å². The quantitative estimate of drug-likeness (QED) is 0.605. The molecule has 0 aliphatic rings. The van der Waals surface area contributed by atoms with Crippen LogP contribution in [0.3, 0.4) is 0 Å². The number of methoxy groups -OCH3 is 1. The van der Waals surface area contributed by atoms with Crippen molar-refractivity contribution in [1.29, 1.82) is 0 Å². The third-order valence-corrected chi connectivity index (χ3v) is 2.63. The summed E-state index contributed by atoms with van der Waals surface area (Å²) >= 11 is 0. The van der Waals surface area contributed by atoms with E-state index in [4.69, 9.17) is 4.74 Å². The molecular formula is C15H16N2O. The summed E-state index contributed by atoms with van der Waals surface area (Å²) in [6.45, 7) is 0. The fourth-order valence-corrected chi connectivity index (χ4v) is 1.56. The van der Waals surface area contributed by atoms with Crippen molar-refractivity contribution in [1.82, 2.24) is 0 Å². The first kappa shape index (κ1) is 12.2. The van der Waals surface area contributed by atoms with Gasteiger partial charge in [-0.3, -0.25) is 5.01 Å². The van der Waals surface area contributed by atoms with E-state index in [0.717, 1.165) is 17.0 Å². The zero-order valence-electron chi connectivity index (χ0n) is 10.6. The Morgan fingerprint density at radius 1 is 1.00 bits per heavy atom. The number of nitrogens with zero attached hydrogens (tertiary/aromatic N) is 2. The molecule has 0 aliphatic heterocycles. The lowest BCUT2D eigenvalue weighted by atomic mass is 10.2. The molecule has 0 radical (unpaired) electrons. The Kier molecular flexibility index (Phi) is 3.97. The number of hydrazone groups is 1. The van der Waals surface area contributed by atoms with Crippen LogP contribution in [0.5, 0.6) is 5.75 Å². The highest BCUT2D eigenvalue weighted by atomic mass is 16.5. The average Bonchev–Trinajstić information content (AvgIpc) is 2.46. The van der Waals surface area contributed by atoms with E-state index in [0.29, 0.717) is 0 Å². The minimum absolute atomic E-state index is 0.846. The minimum atomic E-state index is 0.846. The molecule has 0 bridgehead atoms. The Bertz CT molecular complexity index is 506. The van der Waals surface area contributed by atoms with Crippen molar-refractivity contribution in [2.75, 3.05) is 19.2 Å². The van der Waals surface area contributed by atoms with Crippen molar-refractivity contribution >= 4 is 11.9 Å². The van der Waals surface area contributed by atoms with E-state index in [2.05, 4.69) is 5.10 Å². The van der Waals surface area contributed by atoms with Gasteiger partial charge in [-0.05, 0) is 29.8 Å². The maximum atomic E-state index is 5.12. The Balaban J connectivity index is 2.07. The molecule has 3 nitrogen and oxygen atoms in total. The highest BCUT2D eigenvalue weighted by Crippen LogP contribution is 2.18. The zero-order valence-corrected chi connectivity index (χ0v) is 10.6. The zero-order chi connectivity index (χ0) is 12.8. The maximum Gasteiger partial charge on any atom is 0.119 e. The standard InChI is InChI=1S/C15H16N2O/c1-17(14-8-10-15(18-2)11-9-14)16-12-13-6-4-3-5-7-13/h3-12H,1-2H3. The van der Waals surface area contributed by atoms with E-state index in [9.17, 15) is 0 Å². The molecule has 0 atom stereocenters. The topological polar surface area (TPSA) is 24.8 Å². The number of anilines is 1. The molecule has 0 amide bonds. The molecule has 3 heteroatoms. The first-order valence-corrected chi connectivity index (χ1v) is 5.76. The second-order valence-electron chi connectivity index (χ2n) is 3.88. The molecule has 0 fully saturated rings. The molecule has 2 rings (SSSR count). The van der Waals surface area contributed by atoms with E-state index < -0.39 is 0 Å². The lowest BCUT2D eigenvalue weighted by Gasteiger charge is -2.13. The van der Waals surface area contributed by atoms with Crippen LogP contribution < -0.4 is 9.75 Å². The van der Waals surface area contributed by atoms with Crippen molar-refractivity contribution < 1.29 is 4.74 Å². The molecule has 0 saturated carbocycles. The van der Waals surface area contributed by atoms with Crippen molar-refractivity contribution in [2.24, 2.45) is 5.10 Å². The molecule has 18 heavy (non-hydrogen) atoms. The number of rotatable bonds is 4. The second-order valence-corrected chi connectivity index (χ2v) is 3.88. The lowest BCUT2D eigenvalue weighted by Crippen LogP contribution is -2.08. The number of hydrogen-bond donors (Lipinski definition) is 0. The van der Waals surface area contributed by atoms with Gasteiger partial charge < -0.3 is 4.74 Å². The Labute approximate surface area is 107 Å². The summed E-state index contributed by atoms with van der Waals surface area (Å²) in [6, 6.07) is 17.8. The normalized spacial score (nSPS) is 10.6. The van der Waals surface area contributed by atoms with Gasteiger partial charge in [-0.15, -0.1) is 0 Å². The largest absolute Gasteiger partial charge is 0.497 e. The van der Waals surface area contributed by atoms with E-state index in [1.807, 2.05) is 72.9 Å². The smallest absolute Gasteiger partial charge is 0.119 e. The highest BCUT2D eigenvalue weighted by Gasteiger charge is 1.98. The van der Waals surface area contributed by atoms with Crippen molar-refractivity contribution in [3.05, 3.63) is 60.2 Å². The van der Waals surface area contributed by atoms with Gasteiger partial charge in [0.05, 0.1) is 19.0 Å². The molecule has 0 aliphatic carbocycles. The summed E-state index contributed by atoms with van der Waals surface area (Å²) in [5, 5.41) is 6.21. The molecule has 0 unspecified atom stereocenters. The first-order valence-electron chi connectivity index (χ1n) is 5.76. The summed E-state index contributed by atoms with van der Waals surface area (Å²) in [7, 11) is 3.58. The van der Waals surface area contributed by atoms with Crippen LogP contribution in [-0.4, -0.2) is 20.4 Å². The molecule has 2 aromatic rings. The summed E-state index contributed by atoms with van der Waals surface area (Å²) in [4.78, 5) is 0. The third-order valence-electron chi connectivity index (χ3n) is 2.63. The van der Waals surface area contributed by atoms with Gasteiger partial charge in [0.2, 0.25) is 0 Å². The van der Waals surface area contributed by atoms with Crippen molar-refractivity contribution in [3.8, 4) is 5.75 Å². The van der Waals surface area contributed by atoms with Gasteiger partial charge in [-0.1, -0.05) is 30.3 Å². The van der Waals surface area contributed by atoms with Gasteiger partial charge >= 0.3 is 0 Å². The highest BCUT2D eigenvalue weighted by molar-refractivity contribution is 5.80. The first-order chi connectivity index (χ1) is 8.79. The van der Waals surface area contributed by atoms with E-state index >= 15 is 0 Å². The fraction of sp³-hybridized carbons (Fsp3) is 0.133. The molecular weight excluding hydrogens is 224 g/mol. The fourth-order valence-electron chi connectivity index (χ4n) is 1.56. The Morgan fingerprint density at radius 2 is 1.67 bits per heavy atom. The van der Waals surface area contributed by atoms with Crippen LogP contribution >= 0.6 is 0 Å². The number of benzene rings is 2. The minimum Gasteiger partial charge on any atom is -0.497 e. The predicted molar refractivity (Wildman–Crippen MR) is 75.4 cm³/mol. The van der Waals surface area contributed by atoms with E-state index in [-0.39, 0.29) is 0 Å². The van der Waals surface area contributed by atoms with Crippen molar-refractivity contribution in [3.63, 3.8) is 0 Å². The van der Waals surface area contributed by atoms with Crippen LogP contribution in [0.4, 0.5) is 5.69 Å². The summed E-state index contributed by atoms with van der Waals surface area (Å²) < 4.78 is 5.12. The molecule has 0 aromatic heterocycles. The summed E-state index contributed by atoms with van der Waals surface area (Å²) in [6.07, 6.45) is 1.84. The van der Waals surface area contributed by atoms with E-state index in [1.165, 1.54) is 0 Å². The summed E-state index contributed by atoms with van der Waals surface area (Å²) in [5.41, 5.74) is 2.10. The van der Waals surface area contributed by atoms with Crippen LogP contribution in [0.2, 0.25) is 0 Å². The van der Waals surface area contributed by atoms with Crippen molar-refractivity contribution in [2.45, 2.75) is 0 Å². The van der Waals surface area contributed by atoms with Crippen LogP contribution in [0.1, 0.15) is 5.56 Å². The summed E-state index contributed by atoms with van der Waals surface area (Å²) in [5.74, 6) is 0.846. The lowest BCUT2D eigenvalue weighted by molar-refractivity contribution is 0.415. The van der Waals surface area contributed by atoms with Gasteiger partial charge in [0.1, 0.15) is 5.75 Å². The van der Waals surface area contributed by atoms with Gasteiger partial charge in [-0.2, -0.15) is 5.10 Å². The van der Waals surface area contributed by atoms with Gasteiger partial charge in [0.25, 0.3) is 0 Å². The SMILES string of the molecule is COc1ccc(N(C)N=Cc2ccccc2)cc1. The van der Waals surface area contributed by atoms with Crippen LogP contribution in [0.15, 0.2) is 59.7 Å². The monoisotopic (exact) mass is 240 g/mol. The third kappa shape index (κ3) is 3.10. The average molecular weight is 240 g/mol. The second kappa shape index (κ2) is 5.87.